The van der Waals surface area contributed by atoms with Crippen LogP contribution in [0.4, 0.5) is 0 Å². The zero-order valence-corrected chi connectivity index (χ0v) is 20.6. The fourth-order valence-corrected chi connectivity index (χ4v) is 3.55. The second-order valence-electron chi connectivity index (χ2n) is 6.87. The molecule has 0 atom stereocenters. The van der Waals surface area contributed by atoms with Gasteiger partial charge in [-0.05, 0) is 55.0 Å². The van der Waals surface area contributed by atoms with Gasteiger partial charge in [0.15, 0.2) is 0 Å². The first-order valence-corrected chi connectivity index (χ1v) is 11.3. The van der Waals surface area contributed by atoms with Crippen LogP contribution in [-0.4, -0.2) is 30.5 Å². The van der Waals surface area contributed by atoms with Gasteiger partial charge < -0.3 is 10.1 Å². The van der Waals surface area contributed by atoms with Crippen molar-refractivity contribution in [2.75, 3.05) is 6.54 Å². The molecule has 7 nitrogen and oxygen atoms in total. The number of amides is 2. The number of rotatable bonds is 7. The molecule has 0 unspecified atom stereocenters. The molecule has 0 aliphatic heterocycles. The Hall–Kier alpha value is -3.30. The minimum atomic E-state index is -0.511. The second-order valence-corrected chi connectivity index (χ2v) is 8.70. The molecule has 0 heterocycles. The van der Waals surface area contributed by atoms with Crippen molar-refractivity contribution in [1.82, 2.24) is 10.7 Å². The Morgan fingerprint density at radius 3 is 2.48 bits per heavy atom. The molecule has 0 aromatic heterocycles. The first-order valence-electron chi connectivity index (χ1n) is 9.76. The number of ether oxygens (including phenoxy) is 1. The van der Waals surface area contributed by atoms with Crippen LogP contribution in [0.3, 0.4) is 0 Å². The average Bonchev–Trinajstić information content (AvgIpc) is 2.79. The molecule has 3 aromatic carbocycles. The number of aryl methyl sites for hydroxylation is 1. The van der Waals surface area contributed by atoms with Crippen molar-refractivity contribution >= 4 is 55.9 Å². The number of hydrogen-bond donors (Lipinski definition) is 2. The van der Waals surface area contributed by atoms with Crippen LogP contribution in [0.2, 0.25) is 0 Å². The fraction of sp³-hybridized carbons (Fsp3) is 0.0833. The molecule has 0 fully saturated rings. The summed E-state index contributed by atoms with van der Waals surface area (Å²) in [6.45, 7) is 1.57. The van der Waals surface area contributed by atoms with E-state index >= 15 is 0 Å². The van der Waals surface area contributed by atoms with Crippen molar-refractivity contribution in [2.45, 2.75) is 6.92 Å². The van der Waals surface area contributed by atoms with E-state index in [9.17, 15) is 14.4 Å². The van der Waals surface area contributed by atoms with Gasteiger partial charge in [-0.25, -0.2) is 10.2 Å². The van der Waals surface area contributed by atoms with Crippen LogP contribution in [0.15, 0.2) is 80.8 Å². The molecule has 9 heteroatoms. The lowest BCUT2D eigenvalue weighted by Gasteiger charge is -2.09. The highest BCUT2D eigenvalue weighted by Crippen LogP contribution is 2.23. The molecule has 3 rings (SSSR count). The molecule has 3 aromatic rings. The van der Waals surface area contributed by atoms with Gasteiger partial charge in [-0.2, -0.15) is 5.10 Å². The summed E-state index contributed by atoms with van der Waals surface area (Å²) in [5, 5.41) is 6.43. The summed E-state index contributed by atoms with van der Waals surface area (Å²) < 4.78 is 7.04. The molecule has 0 aliphatic carbocycles. The van der Waals surface area contributed by atoms with Gasteiger partial charge in [0.1, 0.15) is 5.75 Å². The van der Waals surface area contributed by atoms with Gasteiger partial charge >= 0.3 is 5.97 Å². The zero-order chi connectivity index (χ0) is 23.8. The molecule has 0 aliphatic rings. The number of hydrazone groups is 1. The maximum atomic E-state index is 12.5. The van der Waals surface area contributed by atoms with Gasteiger partial charge in [-0.15, -0.1) is 0 Å². The van der Waals surface area contributed by atoms with E-state index in [4.69, 9.17) is 4.74 Å². The minimum absolute atomic E-state index is 0.254. The number of carbonyl (C=O) groups excluding carboxylic acids is 3. The Bertz CT molecular complexity index is 1230. The maximum Gasteiger partial charge on any atom is 0.343 e. The summed E-state index contributed by atoms with van der Waals surface area (Å²) in [6.07, 6.45) is 1.36. The molecule has 2 N–H and O–H groups in total. The van der Waals surface area contributed by atoms with Crippen molar-refractivity contribution in [2.24, 2.45) is 5.10 Å². The van der Waals surface area contributed by atoms with Crippen molar-refractivity contribution in [3.05, 3.63) is 97.9 Å². The van der Waals surface area contributed by atoms with Crippen molar-refractivity contribution < 1.29 is 19.1 Å². The van der Waals surface area contributed by atoms with Crippen LogP contribution >= 0.6 is 31.9 Å². The summed E-state index contributed by atoms with van der Waals surface area (Å²) in [5.74, 6) is -1.10. The molecule has 33 heavy (non-hydrogen) atoms. The van der Waals surface area contributed by atoms with Gasteiger partial charge in [0.25, 0.3) is 11.8 Å². The van der Waals surface area contributed by atoms with E-state index in [0.29, 0.717) is 16.7 Å². The van der Waals surface area contributed by atoms with Crippen molar-refractivity contribution in [3.63, 3.8) is 0 Å². The number of esters is 1. The Labute approximate surface area is 207 Å². The summed E-state index contributed by atoms with van der Waals surface area (Å²) in [6, 6.07) is 19.0. The lowest BCUT2D eigenvalue weighted by Crippen LogP contribution is -2.34. The molecule has 0 bridgehead atoms. The molecule has 0 radical (unpaired) electrons. The molecule has 0 saturated carbocycles. The van der Waals surface area contributed by atoms with Crippen LogP contribution in [-0.2, 0) is 4.79 Å². The number of benzene rings is 3. The SMILES string of the molecule is Cc1ccccc1C(=O)Oc1ccc(Br)cc1/C=N\NC(=O)CNC(=O)c1cccc(Br)c1. The third-order valence-electron chi connectivity index (χ3n) is 4.43. The quantitative estimate of drug-likeness (QED) is 0.187. The summed E-state index contributed by atoms with van der Waals surface area (Å²) in [4.78, 5) is 36.7. The molecule has 0 saturated heterocycles. The third kappa shape index (κ3) is 7.10. The highest BCUT2D eigenvalue weighted by molar-refractivity contribution is 9.10. The zero-order valence-electron chi connectivity index (χ0n) is 17.5. The second kappa shape index (κ2) is 11.5. The van der Waals surface area contributed by atoms with Crippen LogP contribution in [0, 0.1) is 6.92 Å². The Kier molecular flexibility index (Phi) is 8.51. The van der Waals surface area contributed by atoms with E-state index in [1.807, 2.05) is 19.1 Å². The first-order chi connectivity index (χ1) is 15.8. The first kappa shape index (κ1) is 24.3. The predicted octanol–water partition coefficient (Wildman–Crippen LogP) is 4.62. The number of hydrogen-bond acceptors (Lipinski definition) is 5. The van der Waals surface area contributed by atoms with Crippen LogP contribution < -0.4 is 15.5 Å². The molecule has 2 amide bonds. The fourth-order valence-electron chi connectivity index (χ4n) is 2.78. The van der Waals surface area contributed by atoms with Gasteiger partial charge in [-0.1, -0.05) is 56.1 Å². The van der Waals surface area contributed by atoms with Gasteiger partial charge in [0.05, 0.1) is 18.3 Å². The highest BCUT2D eigenvalue weighted by atomic mass is 79.9. The maximum absolute atomic E-state index is 12.5. The largest absolute Gasteiger partial charge is 0.422 e. The molecular formula is C24H19Br2N3O4. The monoisotopic (exact) mass is 571 g/mol. The van der Waals surface area contributed by atoms with Gasteiger partial charge in [0, 0.05) is 20.1 Å². The molecular weight excluding hydrogens is 554 g/mol. The Morgan fingerprint density at radius 2 is 1.73 bits per heavy atom. The molecule has 168 valence electrons. The third-order valence-corrected chi connectivity index (χ3v) is 5.42. The van der Waals surface area contributed by atoms with E-state index in [2.05, 4.69) is 47.7 Å². The van der Waals surface area contributed by atoms with Gasteiger partial charge in [-0.3, -0.25) is 9.59 Å². The summed E-state index contributed by atoms with van der Waals surface area (Å²) in [7, 11) is 0. The lowest BCUT2D eigenvalue weighted by atomic mass is 10.1. The van der Waals surface area contributed by atoms with Crippen LogP contribution in [0.25, 0.3) is 0 Å². The van der Waals surface area contributed by atoms with E-state index in [0.717, 1.165) is 14.5 Å². The van der Waals surface area contributed by atoms with E-state index in [-0.39, 0.29) is 18.2 Å². The summed E-state index contributed by atoms with van der Waals surface area (Å²) >= 11 is 6.66. The van der Waals surface area contributed by atoms with E-state index in [1.165, 1.54) is 6.21 Å². The molecule has 0 spiro atoms. The standard InChI is InChI=1S/C24H19Br2N3O4/c1-15-5-2-3-8-20(15)24(32)33-21-10-9-19(26)12-17(21)13-28-29-22(30)14-27-23(31)16-6-4-7-18(25)11-16/h2-13H,14H2,1H3,(H,27,31)(H,29,30)/b28-13-. The Balaban J connectivity index is 1.60. The normalized spacial score (nSPS) is 10.6. The van der Waals surface area contributed by atoms with Crippen molar-refractivity contribution in [1.29, 1.82) is 0 Å². The van der Waals surface area contributed by atoms with Crippen molar-refractivity contribution in [3.8, 4) is 5.75 Å². The lowest BCUT2D eigenvalue weighted by molar-refractivity contribution is -0.120. The van der Waals surface area contributed by atoms with Gasteiger partial charge in [0.2, 0.25) is 0 Å². The van der Waals surface area contributed by atoms with Crippen LogP contribution in [0.1, 0.15) is 31.8 Å². The number of carbonyl (C=O) groups is 3. The predicted molar refractivity (Wildman–Crippen MR) is 132 cm³/mol. The number of nitrogens with zero attached hydrogens (tertiary/aromatic N) is 1. The minimum Gasteiger partial charge on any atom is -0.422 e. The topological polar surface area (TPSA) is 96.9 Å². The van der Waals surface area contributed by atoms with E-state index < -0.39 is 11.9 Å². The number of halogens is 2. The summed E-state index contributed by atoms with van der Waals surface area (Å²) in [5.41, 5.74) is 4.50. The highest BCUT2D eigenvalue weighted by Gasteiger charge is 2.13. The average molecular weight is 573 g/mol. The van der Waals surface area contributed by atoms with Crippen LogP contribution in [0.5, 0.6) is 5.75 Å². The number of nitrogens with one attached hydrogen (secondary N) is 2. The smallest absolute Gasteiger partial charge is 0.343 e. The van der Waals surface area contributed by atoms with E-state index in [1.54, 1.807) is 54.6 Å². The Morgan fingerprint density at radius 1 is 0.970 bits per heavy atom.